The van der Waals surface area contributed by atoms with Crippen molar-refractivity contribution in [2.24, 2.45) is 0 Å². The van der Waals surface area contributed by atoms with Gasteiger partial charge in [-0.15, -0.1) is 0 Å². The Morgan fingerprint density at radius 3 is 2.84 bits per heavy atom. The summed E-state index contributed by atoms with van der Waals surface area (Å²) in [4.78, 5) is 16.2. The monoisotopic (exact) mass is 262 g/mol. The van der Waals surface area contributed by atoms with Crippen LogP contribution in [-0.4, -0.2) is 23.1 Å². The number of ether oxygens (including phenoxy) is 1. The van der Waals surface area contributed by atoms with Gasteiger partial charge in [0.2, 0.25) is 0 Å². The van der Waals surface area contributed by atoms with Gasteiger partial charge in [0.05, 0.1) is 6.10 Å². The molecule has 0 spiro atoms. The second-order valence-electron chi connectivity index (χ2n) is 5.00. The van der Waals surface area contributed by atoms with Crippen LogP contribution in [0.2, 0.25) is 0 Å². The fourth-order valence-electron chi connectivity index (χ4n) is 2.42. The van der Waals surface area contributed by atoms with Crippen LogP contribution in [0, 0.1) is 0 Å². The van der Waals surface area contributed by atoms with E-state index in [0.717, 1.165) is 12.8 Å². The molecule has 1 aliphatic rings. The molecule has 1 saturated carbocycles. The van der Waals surface area contributed by atoms with Gasteiger partial charge < -0.3 is 10.1 Å². The highest BCUT2D eigenvalue weighted by Gasteiger charge is 2.23. The van der Waals surface area contributed by atoms with Crippen molar-refractivity contribution >= 4 is 11.7 Å². The van der Waals surface area contributed by atoms with E-state index >= 15 is 0 Å². The van der Waals surface area contributed by atoms with Gasteiger partial charge in [-0.1, -0.05) is 32.3 Å². The summed E-state index contributed by atoms with van der Waals surface area (Å²) in [6, 6.07) is 5.46. The summed E-state index contributed by atoms with van der Waals surface area (Å²) >= 11 is 0. The van der Waals surface area contributed by atoms with Crippen LogP contribution in [0.5, 0.6) is 0 Å². The zero-order valence-electron chi connectivity index (χ0n) is 11.5. The summed E-state index contributed by atoms with van der Waals surface area (Å²) < 4.78 is 5.93. The Bertz CT molecular complexity index is 388. The van der Waals surface area contributed by atoms with Crippen LogP contribution < -0.4 is 5.32 Å². The molecule has 0 saturated heterocycles. The number of amides is 1. The van der Waals surface area contributed by atoms with Gasteiger partial charge in [-0.25, -0.2) is 4.98 Å². The molecule has 1 unspecified atom stereocenters. The largest absolute Gasteiger partial charge is 0.365 e. The maximum atomic E-state index is 12.1. The molecule has 2 rings (SSSR count). The van der Waals surface area contributed by atoms with Gasteiger partial charge in [-0.2, -0.15) is 0 Å². The predicted molar refractivity (Wildman–Crippen MR) is 74.9 cm³/mol. The van der Waals surface area contributed by atoms with Gasteiger partial charge in [0.25, 0.3) is 5.91 Å². The molecule has 0 bridgehead atoms. The molecular weight excluding hydrogens is 240 g/mol. The van der Waals surface area contributed by atoms with Crippen LogP contribution in [0.3, 0.4) is 0 Å². The van der Waals surface area contributed by atoms with E-state index in [9.17, 15) is 4.79 Å². The Balaban J connectivity index is 1.87. The van der Waals surface area contributed by atoms with Crippen molar-refractivity contribution in [3.05, 3.63) is 24.4 Å². The minimum Gasteiger partial charge on any atom is -0.365 e. The lowest BCUT2D eigenvalue weighted by molar-refractivity contribution is -0.132. The fraction of sp³-hybridized carbons (Fsp3) is 0.600. The molecule has 4 nitrogen and oxygen atoms in total. The lowest BCUT2D eigenvalue weighted by atomic mass is 9.97. The smallest absolute Gasteiger partial charge is 0.254 e. The Morgan fingerprint density at radius 2 is 2.21 bits per heavy atom. The second kappa shape index (κ2) is 7.24. The molecule has 0 aliphatic heterocycles. The molecule has 1 N–H and O–H groups in total. The third-order valence-corrected chi connectivity index (χ3v) is 3.49. The van der Waals surface area contributed by atoms with Crippen molar-refractivity contribution in [2.75, 3.05) is 5.32 Å². The number of carbonyl (C=O) groups excluding carboxylic acids is 1. The molecule has 19 heavy (non-hydrogen) atoms. The lowest BCUT2D eigenvalue weighted by Crippen LogP contribution is -2.34. The average Bonchev–Trinajstić information content (AvgIpc) is 2.47. The summed E-state index contributed by atoms with van der Waals surface area (Å²) in [5.41, 5.74) is 0. The van der Waals surface area contributed by atoms with Crippen molar-refractivity contribution in [1.82, 2.24) is 4.98 Å². The number of carbonyl (C=O) groups is 1. The Kier molecular flexibility index (Phi) is 5.33. The molecule has 1 heterocycles. The highest BCUT2D eigenvalue weighted by molar-refractivity contribution is 5.93. The number of nitrogens with zero attached hydrogens (tertiary/aromatic N) is 1. The number of aromatic nitrogens is 1. The Hall–Kier alpha value is -1.42. The van der Waals surface area contributed by atoms with E-state index in [2.05, 4.69) is 10.3 Å². The highest BCUT2D eigenvalue weighted by atomic mass is 16.5. The van der Waals surface area contributed by atoms with Crippen molar-refractivity contribution in [3.8, 4) is 0 Å². The molecule has 0 radical (unpaired) electrons. The molecule has 4 heteroatoms. The number of hydrogen-bond acceptors (Lipinski definition) is 3. The van der Waals surface area contributed by atoms with Crippen LogP contribution in [0.1, 0.15) is 45.4 Å². The first-order valence-corrected chi connectivity index (χ1v) is 7.17. The van der Waals surface area contributed by atoms with E-state index in [1.54, 1.807) is 12.3 Å². The molecule has 1 atom stereocenters. The number of rotatable bonds is 5. The van der Waals surface area contributed by atoms with Crippen LogP contribution in [0.15, 0.2) is 24.4 Å². The SMILES string of the molecule is CCC(OC1CCCCC1)C(=O)Nc1ccccn1. The Labute approximate surface area is 114 Å². The fourth-order valence-corrected chi connectivity index (χ4v) is 2.42. The normalized spacial score (nSPS) is 17.9. The number of anilines is 1. The van der Waals surface area contributed by atoms with Gasteiger partial charge in [0, 0.05) is 6.20 Å². The second-order valence-corrected chi connectivity index (χ2v) is 5.00. The molecule has 104 valence electrons. The molecular formula is C15H22N2O2. The molecule has 1 amide bonds. The van der Waals surface area contributed by atoms with E-state index in [1.807, 2.05) is 19.1 Å². The maximum Gasteiger partial charge on any atom is 0.254 e. The van der Waals surface area contributed by atoms with Crippen LogP contribution >= 0.6 is 0 Å². The molecule has 1 fully saturated rings. The Morgan fingerprint density at radius 1 is 1.42 bits per heavy atom. The first-order valence-electron chi connectivity index (χ1n) is 7.17. The van der Waals surface area contributed by atoms with Gasteiger partial charge in [-0.3, -0.25) is 4.79 Å². The third-order valence-electron chi connectivity index (χ3n) is 3.49. The van der Waals surface area contributed by atoms with Gasteiger partial charge in [0.15, 0.2) is 0 Å². The van der Waals surface area contributed by atoms with Crippen molar-refractivity contribution in [3.63, 3.8) is 0 Å². The van der Waals surface area contributed by atoms with E-state index in [1.165, 1.54) is 19.3 Å². The lowest BCUT2D eigenvalue weighted by Gasteiger charge is -2.26. The van der Waals surface area contributed by atoms with E-state index in [4.69, 9.17) is 4.74 Å². The van der Waals surface area contributed by atoms with Crippen molar-refractivity contribution < 1.29 is 9.53 Å². The summed E-state index contributed by atoms with van der Waals surface area (Å²) in [5.74, 6) is 0.491. The molecule has 1 aromatic heterocycles. The standard InChI is InChI=1S/C15H22N2O2/c1-2-13(19-12-8-4-3-5-9-12)15(18)17-14-10-6-7-11-16-14/h6-7,10-13H,2-5,8-9H2,1H3,(H,16,17,18). The minimum atomic E-state index is -0.370. The number of hydrogen-bond donors (Lipinski definition) is 1. The van der Waals surface area contributed by atoms with Crippen molar-refractivity contribution in [2.45, 2.75) is 57.7 Å². The first kappa shape index (κ1) is 14.0. The van der Waals surface area contributed by atoms with E-state index in [-0.39, 0.29) is 18.1 Å². The summed E-state index contributed by atoms with van der Waals surface area (Å²) in [6.45, 7) is 1.98. The quantitative estimate of drug-likeness (QED) is 0.886. The zero-order chi connectivity index (χ0) is 13.5. The van der Waals surface area contributed by atoms with Gasteiger partial charge in [0.1, 0.15) is 11.9 Å². The van der Waals surface area contributed by atoms with Gasteiger partial charge in [-0.05, 0) is 31.4 Å². The summed E-state index contributed by atoms with van der Waals surface area (Å²) in [5, 5.41) is 2.81. The molecule has 1 aliphatic carbocycles. The van der Waals surface area contributed by atoms with Crippen LogP contribution in [0.25, 0.3) is 0 Å². The van der Waals surface area contributed by atoms with Crippen LogP contribution in [-0.2, 0) is 9.53 Å². The number of pyridine rings is 1. The predicted octanol–water partition coefficient (Wildman–Crippen LogP) is 3.15. The van der Waals surface area contributed by atoms with E-state index in [0.29, 0.717) is 12.2 Å². The minimum absolute atomic E-state index is 0.0910. The summed E-state index contributed by atoms with van der Waals surface area (Å²) in [7, 11) is 0. The third kappa shape index (κ3) is 4.31. The zero-order valence-corrected chi connectivity index (χ0v) is 11.5. The van der Waals surface area contributed by atoms with E-state index < -0.39 is 0 Å². The number of nitrogens with one attached hydrogen (secondary N) is 1. The topological polar surface area (TPSA) is 51.2 Å². The molecule has 1 aromatic rings. The molecule has 0 aromatic carbocycles. The highest BCUT2D eigenvalue weighted by Crippen LogP contribution is 2.22. The maximum absolute atomic E-state index is 12.1. The summed E-state index contributed by atoms with van der Waals surface area (Å²) in [6.07, 6.45) is 8.09. The first-order chi connectivity index (χ1) is 9.29. The van der Waals surface area contributed by atoms with Crippen LogP contribution in [0.4, 0.5) is 5.82 Å². The van der Waals surface area contributed by atoms with Crippen molar-refractivity contribution in [1.29, 1.82) is 0 Å². The average molecular weight is 262 g/mol. The van der Waals surface area contributed by atoms with Gasteiger partial charge >= 0.3 is 0 Å².